The van der Waals surface area contributed by atoms with Crippen LogP contribution in [0.2, 0.25) is 0 Å². The van der Waals surface area contributed by atoms with Gasteiger partial charge in [-0.2, -0.15) is 29.8 Å². The predicted octanol–water partition coefficient (Wildman–Crippen LogP) is 5.06. The van der Waals surface area contributed by atoms with Crippen molar-refractivity contribution in [2.45, 2.75) is 114 Å². The van der Waals surface area contributed by atoms with Gasteiger partial charge < -0.3 is 19.2 Å². The van der Waals surface area contributed by atoms with Crippen LogP contribution in [0.25, 0.3) is 0 Å². The van der Waals surface area contributed by atoms with Crippen LogP contribution in [0, 0.1) is 0 Å². The van der Waals surface area contributed by atoms with Crippen LogP contribution in [-0.4, -0.2) is 134 Å². The van der Waals surface area contributed by atoms with Crippen molar-refractivity contribution in [1.29, 1.82) is 0 Å². The van der Waals surface area contributed by atoms with E-state index in [4.69, 9.17) is 4.84 Å². The first-order valence-corrected chi connectivity index (χ1v) is 28.4. The van der Waals surface area contributed by atoms with E-state index in [1.165, 1.54) is 56.0 Å². The van der Waals surface area contributed by atoms with Gasteiger partial charge in [-0.15, -0.1) is 5.06 Å². The summed E-state index contributed by atoms with van der Waals surface area (Å²) in [6.45, 7) is 15.6. The zero-order valence-electron chi connectivity index (χ0n) is 39.5. The second-order valence-electron chi connectivity index (χ2n) is 17.4. The van der Waals surface area contributed by atoms with Gasteiger partial charge in [0, 0.05) is 72.5 Å². The largest absolute Gasteiger partial charge is 0.748 e. The average Bonchev–Trinajstić information content (AvgIpc) is 3.77. The van der Waals surface area contributed by atoms with Gasteiger partial charge >= 0.3 is 5.97 Å². The summed E-state index contributed by atoms with van der Waals surface area (Å²) < 4.78 is 137. The summed E-state index contributed by atoms with van der Waals surface area (Å²) in [5.41, 5.74) is 1.20. The van der Waals surface area contributed by atoms with E-state index < -0.39 is 85.5 Å². The minimum atomic E-state index is -4.69. The molecule has 382 valence electrons. The van der Waals surface area contributed by atoms with Gasteiger partial charge in [0.15, 0.2) is 5.71 Å². The molecule has 0 radical (unpaired) electrons. The van der Waals surface area contributed by atoms with Crippen LogP contribution in [0.15, 0.2) is 82.3 Å². The highest BCUT2D eigenvalue weighted by Gasteiger charge is 2.46. The maximum atomic E-state index is 12.6. The molecular weight excluding hydrogens is 981 g/mol. The van der Waals surface area contributed by atoms with Gasteiger partial charge in [-0.05, 0) is 102 Å². The highest BCUT2D eigenvalue weighted by molar-refractivity contribution is 7.86. The van der Waals surface area contributed by atoms with Crippen molar-refractivity contribution in [1.82, 2.24) is 9.96 Å². The van der Waals surface area contributed by atoms with E-state index in [-0.39, 0.29) is 62.9 Å². The lowest BCUT2D eigenvalue weighted by atomic mass is 9.77. The second kappa shape index (κ2) is 23.1. The molecule has 1 atom stereocenters. The quantitative estimate of drug-likeness (QED) is 0.0456. The van der Waals surface area contributed by atoms with E-state index >= 15 is 0 Å². The highest BCUT2D eigenvalue weighted by Crippen LogP contribution is 2.51. The van der Waals surface area contributed by atoms with Gasteiger partial charge in [-0.3, -0.25) is 23.2 Å². The number of allylic oxidation sites excluding steroid dienone is 6. The summed E-state index contributed by atoms with van der Waals surface area (Å²) in [7, 11) is -18.2. The molecule has 0 spiro atoms. The molecule has 0 aromatic heterocycles. The maximum absolute atomic E-state index is 12.6. The molecule has 69 heavy (non-hydrogen) atoms. The van der Waals surface area contributed by atoms with Crippen molar-refractivity contribution >= 4 is 75.3 Å². The predicted molar refractivity (Wildman–Crippen MR) is 256 cm³/mol. The first-order valence-electron chi connectivity index (χ1n) is 22.4. The second-order valence-corrected chi connectivity index (χ2v) is 23.3. The molecule has 3 aliphatic heterocycles. The summed E-state index contributed by atoms with van der Waals surface area (Å²) in [6.07, 6.45) is 8.72. The summed E-state index contributed by atoms with van der Waals surface area (Å²) in [5.74, 6) is -3.31. The Morgan fingerprint density at radius 1 is 0.783 bits per heavy atom. The molecule has 0 bridgehead atoms. The molecule has 24 heteroatoms. The van der Waals surface area contributed by atoms with Crippen LogP contribution in [0.3, 0.4) is 0 Å². The van der Waals surface area contributed by atoms with Gasteiger partial charge in [0.2, 0.25) is 5.69 Å². The molecule has 0 saturated carbocycles. The number of hydrogen-bond donors (Lipinski definition) is 3. The van der Waals surface area contributed by atoms with Crippen LogP contribution < -0.4 is 4.90 Å². The molecule has 2 amide bonds. The number of anilines is 1. The zero-order valence-corrected chi connectivity index (χ0v) is 42.8. The molecule has 3 heterocycles. The molecule has 3 aliphatic rings. The molecule has 5 rings (SSSR count). The molecule has 1 unspecified atom stereocenters. The molecule has 1 fully saturated rings. The molecule has 3 N–H and O–H groups in total. The van der Waals surface area contributed by atoms with E-state index in [2.05, 4.69) is 25.7 Å². The number of amides is 2. The van der Waals surface area contributed by atoms with E-state index in [9.17, 15) is 66.3 Å². The number of fused-ring (bicyclic) bond motifs is 2. The third-order valence-corrected chi connectivity index (χ3v) is 15.6. The fourth-order valence-corrected chi connectivity index (χ4v) is 10.6. The lowest BCUT2D eigenvalue weighted by Gasteiger charge is -2.30. The van der Waals surface area contributed by atoms with Crippen molar-refractivity contribution in [2.24, 2.45) is 0 Å². The molecule has 1 saturated heterocycles. The topological polar surface area (TPSA) is 293 Å². The lowest BCUT2D eigenvalue weighted by Crippen LogP contribution is -2.32. The van der Waals surface area contributed by atoms with Gasteiger partial charge in [-0.1, -0.05) is 45.4 Å². The summed E-state index contributed by atoms with van der Waals surface area (Å²) >= 11 is 0. The number of carbonyl (C=O) groups excluding carboxylic acids is 3. The van der Waals surface area contributed by atoms with Crippen LogP contribution in [0.1, 0.15) is 104 Å². The van der Waals surface area contributed by atoms with Crippen molar-refractivity contribution in [3.05, 3.63) is 83.6 Å². The van der Waals surface area contributed by atoms with Crippen LogP contribution >= 0.6 is 0 Å². The number of carbonyl (C=O) groups is 3. The molecule has 2 aromatic carbocycles. The number of benzene rings is 2. The van der Waals surface area contributed by atoms with Gasteiger partial charge in [0.25, 0.3) is 42.2 Å². The van der Waals surface area contributed by atoms with Crippen molar-refractivity contribution < 1.29 is 75.7 Å². The molecule has 0 aliphatic carbocycles. The van der Waals surface area contributed by atoms with Gasteiger partial charge in [-0.25, -0.2) is 13.2 Å². The van der Waals surface area contributed by atoms with Gasteiger partial charge in [0.1, 0.15) is 6.54 Å². The third kappa shape index (κ3) is 14.9. The SMILES string of the molecule is CC1(C)C(/C=C/C=C/C=C2\N(CCCS(=O)(=O)[O-])c3ccc(S(=O)(=O)O)cc3C2(C)CCCCC(=O)ON2C(=O)CCC2=O)=[N+](CCCS(=O)(=O)O)c2ccc(S(=O)(=O)O)cc21.CCN(CC)CC. The first kappa shape index (κ1) is 56.9. The first-order chi connectivity index (χ1) is 32.0. The Kier molecular flexibility index (Phi) is 19.0. The molecular formula is C45H62N4O16S4. The standard InChI is InChI=1S/C39H47N3O16S4.C6H15N/c1-38(2)29-25-27(61(52,53)54)14-16-31(29)40(21-9-23-59(46,47)48)33(38)11-5-4-6-12-34-39(3,20-8-7-13-37(45)58-42-35(43)18-19-36(42)44)30-26-28(62(55,56)57)15-17-32(30)41(34)22-10-24-60(49,50)51;1-4-7(5-2)6-3/h4-6,11-12,14-17,25-26H,7-10,13,18-24H2,1-3H3,(H3-,46,47,48,49,50,51,52,53,54,55,56,57);4-6H2,1-3H3. The van der Waals surface area contributed by atoms with Crippen LogP contribution in [0.4, 0.5) is 11.4 Å². The Bertz CT molecular complexity index is 2830. The monoisotopic (exact) mass is 1040 g/mol. The van der Waals surface area contributed by atoms with E-state index in [1.807, 2.05) is 0 Å². The van der Waals surface area contributed by atoms with E-state index in [1.54, 1.807) is 60.6 Å². The number of unbranched alkanes of at least 4 members (excludes halogenated alkanes) is 1. The Balaban J connectivity index is 0.00000137. The van der Waals surface area contributed by atoms with E-state index in [0.29, 0.717) is 45.4 Å². The summed E-state index contributed by atoms with van der Waals surface area (Å²) in [5, 5.41) is 0.446. The van der Waals surface area contributed by atoms with E-state index in [0.717, 1.165) is 0 Å². The van der Waals surface area contributed by atoms with Crippen molar-refractivity contribution in [2.75, 3.05) is 49.1 Å². The molecule has 2 aromatic rings. The normalized spacial score (nSPS) is 19.0. The Morgan fingerprint density at radius 2 is 1.36 bits per heavy atom. The minimum absolute atomic E-state index is 0.00343. The average molecular weight is 1040 g/mol. The summed E-state index contributed by atoms with van der Waals surface area (Å²) in [4.78, 5) is 44.7. The number of imide groups is 1. The number of hydroxylamine groups is 2. The number of hydrogen-bond acceptors (Lipinski definition) is 15. The van der Waals surface area contributed by atoms with Crippen LogP contribution in [0.5, 0.6) is 0 Å². The lowest BCUT2D eigenvalue weighted by molar-refractivity contribution is -0.437. The Labute approximate surface area is 405 Å². The van der Waals surface area contributed by atoms with Crippen molar-refractivity contribution in [3.63, 3.8) is 0 Å². The Hall–Kier alpha value is -4.66. The number of rotatable bonds is 22. The fraction of sp³-hybridized carbons (Fsp3) is 0.511. The van der Waals surface area contributed by atoms with Crippen molar-refractivity contribution in [3.8, 4) is 0 Å². The van der Waals surface area contributed by atoms with Crippen LogP contribution in [-0.2, 0) is 70.5 Å². The zero-order chi connectivity index (χ0) is 51.8. The fourth-order valence-electron chi connectivity index (χ4n) is 8.64. The molecule has 20 nitrogen and oxygen atoms in total. The third-order valence-electron chi connectivity index (χ3n) is 12.3. The summed E-state index contributed by atoms with van der Waals surface area (Å²) in [6, 6.07) is 7.98. The Morgan fingerprint density at radius 3 is 1.90 bits per heavy atom. The minimum Gasteiger partial charge on any atom is -0.748 e. The number of nitrogens with zero attached hydrogens (tertiary/aromatic N) is 4. The highest BCUT2D eigenvalue weighted by atomic mass is 32.2. The van der Waals surface area contributed by atoms with Gasteiger partial charge in [0.05, 0.1) is 31.1 Å². The smallest absolute Gasteiger partial charge is 0.333 e. The maximum Gasteiger partial charge on any atom is 0.333 e.